The van der Waals surface area contributed by atoms with Gasteiger partial charge in [0.25, 0.3) is 5.56 Å². The Morgan fingerprint density at radius 2 is 2.33 bits per heavy atom. The second kappa shape index (κ2) is 3.95. The summed E-state index contributed by atoms with van der Waals surface area (Å²) in [7, 11) is 0. The largest absolute Gasteiger partial charge is 0.320 e. The molecule has 4 heteroatoms. The van der Waals surface area contributed by atoms with E-state index in [0.29, 0.717) is 11.9 Å². The van der Waals surface area contributed by atoms with Gasteiger partial charge in [-0.25, -0.2) is 5.10 Å². The van der Waals surface area contributed by atoms with E-state index in [1.165, 1.54) is 0 Å². The molecule has 0 aliphatic rings. The lowest BCUT2D eigenvalue weighted by molar-refractivity contribution is 1.01. The second-order valence-corrected chi connectivity index (χ2v) is 3.01. The van der Waals surface area contributed by atoms with Crippen molar-refractivity contribution in [2.24, 2.45) is 5.73 Å². The molecule has 0 radical (unpaired) electrons. The third-order valence-electron chi connectivity index (χ3n) is 2.00. The molecule has 2 aromatic rings. The van der Waals surface area contributed by atoms with Gasteiger partial charge in [-0.2, -0.15) is 5.10 Å². The highest BCUT2D eigenvalue weighted by atomic mass is 16.1. The maximum absolute atomic E-state index is 11.3. The summed E-state index contributed by atoms with van der Waals surface area (Å²) in [5, 5.41) is 7.49. The zero-order valence-corrected chi connectivity index (χ0v) is 7.95. The second-order valence-electron chi connectivity index (χ2n) is 3.01. The minimum atomic E-state index is -0.189. The van der Waals surface area contributed by atoms with Crippen LogP contribution in [0, 0.1) is 11.8 Å². The predicted octanol–water partition coefficient (Wildman–Crippen LogP) is 0.233. The van der Waals surface area contributed by atoms with E-state index in [4.69, 9.17) is 5.73 Å². The smallest absolute Gasteiger partial charge is 0.272 e. The zero-order chi connectivity index (χ0) is 10.7. The highest BCUT2D eigenvalue weighted by Crippen LogP contribution is 2.09. The predicted molar refractivity (Wildman–Crippen MR) is 58.3 cm³/mol. The molecule has 2 rings (SSSR count). The summed E-state index contributed by atoms with van der Waals surface area (Å²) >= 11 is 0. The first-order chi connectivity index (χ1) is 7.31. The van der Waals surface area contributed by atoms with Crippen LogP contribution in [0.5, 0.6) is 0 Å². The third kappa shape index (κ3) is 1.87. The average Bonchev–Trinajstić information content (AvgIpc) is 2.26. The van der Waals surface area contributed by atoms with Gasteiger partial charge in [0.2, 0.25) is 0 Å². The Bertz CT molecular complexity index is 604. The van der Waals surface area contributed by atoms with Gasteiger partial charge in [-0.1, -0.05) is 11.8 Å². The zero-order valence-electron chi connectivity index (χ0n) is 7.95. The Kier molecular flexibility index (Phi) is 2.48. The molecule has 1 aromatic heterocycles. The van der Waals surface area contributed by atoms with Gasteiger partial charge in [-0.05, 0) is 18.2 Å². The lowest BCUT2D eigenvalue weighted by Crippen LogP contribution is -2.07. The fourth-order valence-electron chi connectivity index (χ4n) is 1.33. The third-order valence-corrected chi connectivity index (χ3v) is 2.00. The molecule has 0 aliphatic carbocycles. The molecule has 0 unspecified atom stereocenters. The Morgan fingerprint density at radius 1 is 1.47 bits per heavy atom. The van der Waals surface area contributed by atoms with Gasteiger partial charge in [0.05, 0.1) is 18.1 Å². The molecule has 15 heavy (non-hydrogen) atoms. The number of hydrogen-bond acceptors (Lipinski definition) is 3. The van der Waals surface area contributed by atoms with Gasteiger partial charge < -0.3 is 5.73 Å². The van der Waals surface area contributed by atoms with E-state index in [2.05, 4.69) is 22.0 Å². The Morgan fingerprint density at radius 3 is 3.13 bits per heavy atom. The van der Waals surface area contributed by atoms with Gasteiger partial charge in [0.1, 0.15) is 0 Å². The molecule has 0 amide bonds. The number of nitrogens with two attached hydrogens (primary N) is 1. The maximum Gasteiger partial charge on any atom is 0.272 e. The van der Waals surface area contributed by atoms with Crippen LogP contribution < -0.4 is 11.3 Å². The number of aromatic amines is 1. The highest BCUT2D eigenvalue weighted by molar-refractivity contribution is 5.81. The van der Waals surface area contributed by atoms with Crippen molar-refractivity contribution < 1.29 is 0 Å². The van der Waals surface area contributed by atoms with Gasteiger partial charge in [0.15, 0.2) is 0 Å². The van der Waals surface area contributed by atoms with Crippen molar-refractivity contribution in [2.75, 3.05) is 6.54 Å². The van der Waals surface area contributed by atoms with E-state index in [9.17, 15) is 4.79 Å². The van der Waals surface area contributed by atoms with Crippen LogP contribution in [0.15, 0.2) is 29.2 Å². The van der Waals surface area contributed by atoms with E-state index < -0.39 is 0 Å². The number of benzene rings is 1. The molecule has 1 aromatic carbocycles. The number of hydrogen-bond donors (Lipinski definition) is 2. The van der Waals surface area contributed by atoms with Crippen LogP contribution >= 0.6 is 0 Å². The van der Waals surface area contributed by atoms with Crippen LogP contribution in [0.1, 0.15) is 5.56 Å². The summed E-state index contributed by atoms with van der Waals surface area (Å²) < 4.78 is 0. The lowest BCUT2D eigenvalue weighted by Gasteiger charge is -1.95. The lowest BCUT2D eigenvalue weighted by atomic mass is 10.1. The van der Waals surface area contributed by atoms with Crippen LogP contribution in [0.25, 0.3) is 10.8 Å². The topological polar surface area (TPSA) is 71.8 Å². The van der Waals surface area contributed by atoms with E-state index >= 15 is 0 Å². The normalized spacial score (nSPS) is 9.67. The Balaban J connectivity index is 2.62. The first-order valence-corrected chi connectivity index (χ1v) is 4.47. The SMILES string of the molecule is NCC#Cc1ccc2c(=O)[nH]ncc2c1. The molecule has 0 fully saturated rings. The summed E-state index contributed by atoms with van der Waals surface area (Å²) in [6.07, 6.45) is 1.60. The van der Waals surface area contributed by atoms with Crippen molar-refractivity contribution in [1.29, 1.82) is 0 Å². The van der Waals surface area contributed by atoms with Gasteiger partial charge in [-0.15, -0.1) is 0 Å². The molecule has 0 atom stereocenters. The van der Waals surface area contributed by atoms with E-state index in [1.54, 1.807) is 18.3 Å². The van der Waals surface area contributed by atoms with E-state index in [-0.39, 0.29) is 5.56 Å². The monoisotopic (exact) mass is 199 g/mol. The van der Waals surface area contributed by atoms with Crippen molar-refractivity contribution in [1.82, 2.24) is 10.2 Å². The summed E-state index contributed by atoms with van der Waals surface area (Å²) in [6, 6.07) is 5.34. The minimum Gasteiger partial charge on any atom is -0.320 e. The molecule has 74 valence electrons. The molecular weight excluding hydrogens is 190 g/mol. The number of nitrogens with zero attached hydrogens (tertiary/aromatic N) is 1. The molecule has 0 saturated heterocycles. The first-order valence-electron chi connectivity index (χ1n) is 4.47. The number of H-pyrrole nitrogens is 1. The summed E-state index contributed by atoms with van der Waals surface area (Å²) in [4.78, 5) is 11.3. The molecule has 0 saturated carbocycles. The quantitative estimate of drug-likeness (QED) is 0.597. The van der Waals surface area contributed by atoms with Crippen molar-refractivity contribution in [3.63, 3.8) is 0 Å². The Labute approximate surface area is 86.1 Å². The van der Waals surface area contributed by atoms with E-state index in [1.807, 2.05) is 6.07 Å². The summed E-state index contributed by atoms with van der Waals surface area (Å²) in [6.45, 7) is 0.325. The molecule has 3 N–H and O–H groups in total. The number of fused-ring (bicyclic) bond motifs is 1. The minimum absolute atomic E-state index is 0.189. The van der Waals surface area contributed by atoms with Gasteiger partial charge >= 0.3 is 0 Å². The fraction of sp³-hybridized carbons (Fsp3) is 0.0909. The highest BCUT2D eigenvalue weighted by Gasteiger charge is 1.98. The van der Waals surface area contributed by atoms with Crippen LogP contribution in [0.4, 0.5) is 0 Å². The average molecular weight is 199 g/mol. The molecular formula is C11H9N3O. The van der Waals surface area contributed by atoms with Crippen LogP contribution in [0.3, 0.4) is 0 Å². The first kappa shape index (κ1) is 9.44. The summed E-state index contributed by atoms with van der Waals surface area (Å²) in [5.41, 5.74) is 5.92. The van der Waals surface area contributed by atoms with Crippen LogP contribution in [-0.4, -0.2) is 16.7 Å². The van der Waals surface area contributed by atoms with E-state index in [0.717, 1.165) is 10.9 Å². The van der Waals surface area contributed by atoms with Crippen LogP contribution in [0.2, 0.25) is 0 Å². The number of nitrogens with one attached hydrogen (secondary N) is 1. The molecule has 4 nitrogen and oxygen atoms in total. The standard InChI is InChI=1S/C11H9N3O/c12-5-1-2-8-3-4-10-9(6-8)7-13-14-11(10)15/h3-4,6-7H,5,12H2,(H,14,15). The number of aromatic nitrogens is 2. The number of rotatable bonds is 0. The van der Waals surface area contributed by atoms with Crippen molar-refractivity contribution in [3.8, 4) is 11.8 Å². The summed E-state index contributed by atoms with van der Waals surface area (Å²) in [5.74, 6) is 5.66. The Hall–Kier alpha value is -2.12. The van der Waals surface area contributed by atoms with Crippen molar-refractivity contribution >= 4 is 10.8 Å². The molecule has 0 aliphatic heterocycles. The molecule has 0 spiro atoms. The fourth-order valence-corrected chi connectivity index (χ4v) is 1.33. The van der Waals surface area contributed by atoms with Crippen molar-refractivity contribution in [3.05, 3.63) is 40.3 Å². The van der Waals surface area contributed by atoms with Gasteiger partial charge in [0, 0.05) is 10.9 Å². The maximum atomic E-state index is 11.3. The van der Waals surface area contributed by atoms with Crippen molar-refractivity contribution in [2.45, 2.75) is 0 Å². The molecule has 1 heterocycles. The van der Waals surface area contributed by atoms with Crippen LogP contribution in [-0.2, 0) is 0 Å². The van der Waals surface area contributed by atoms with Gasteiger partial charge in [-0.3, -0.25) is 4.79 Å². The molecule has 0 bridgehead atoms.